The lowest BCUT2D eigenvalue weighted by Gasteiger charge is -2.28. The van der Waals surface area contributed by atoms with Crippen LogP contribution in [0.1, 0.15) is 21.6 Å². The Balaban J connectivity index is 1.56. The number of halogens is 3. The van der Waals surface area contributed by atoms with Crippen molar-refractivity contribution in [3.05, 3.63) is 82.1 Å². The molecule has 0 saturated carbocycles. The highest BCUT2D eigenvalue weighted by molar-refractivity contribution is 6.30. The number of amides is 1. The van der Waals surface area contributed by atoms with Gasteiger partial charge in [-0.2, -0.15) is 0 Å². The van der Waals surface area contributed by atoms with Gasteiger partial charge in [-0.1, -0.05) is 11.6 Å². The Labute approximate surface area is 159 Å². The molecule has 0 radical (unpaired) electrons. The maximum absolute atomic E-state index is 13.9. The van der Waals surface area contributed by atoms with Crippen molar-refractivity contribution < 1.29 is 13.6 Å². The summed E-state index contributed by atoms with van der Waals surface area (Å²) in [5.74, 6) is -1.45. The van der Waals surface area contributed by atoms with Crippen LogP contribution in [0.2, 0.25) is 5.02 Å². The average Bonchev–Trinajstić information content (AvgIpc) is 2.67. The minimum atomic E-state index is -0.861. The Morgan fingerprint density at radius 3 is 2.63 bits per heavy atom. The highest BCUT2D eigenvalue weighted by Gasteiger charge is 2.25. The quantitative estimate of drug-likeness (QED) is 0.661. The van der Waals surface area contributed by atoms with Crippen LogP contribution in [0.5, 0.6) is 0 Å². The third kappa shape index (κ3) is 3.53. The monoisotopic (exact) mass is 385 g/mol. The molecule has 0 saturated heterocycles. The Kier molecular flexibility index (Phi) is 4.58. The molecule has 3 aromatic rings. The standard InChI is InChI=1S/C20H14ClF2N3O/c21-14-3-1-12(2-4-14)19-24-10-13-11-26(8-7-18(13)25-19)20(27)16-6-5-15(22)9-17(16)23/h1-6,9-10H,7-8,11H2. The first-order valence-corrected chi connectivity index (χ1v) is 8.74. The molecule has 1 aliphatic heterocycles. The first kappa shape index (κ1) is 17.5. The van der Waals surface area contributed by atoms with Crippen molar-refractivity contribution in [1.82, 2.24) is 14.9 Å². The van der Waals surface area contributed by atoms with Crippen LogP contribution in [-0.4, -0.2) is 27.3 Å². The molecule has 7 heteroatoms. The largest absolute Gasteiger partial charge is 0.334 e. The van der Waals surface area contributed by atoms with E-state index in [9.17, 15) is 13.6 Å². The number of carbonyl (C=O) groups is 1. The fourth-order valence-corrected chi connectivity index (χ4v) is 3.19. The third-order valence-corrected chi connectivity index (χ3v) is 4.74. The second-order valence-corrected chi connectivity index (χ2v) is 6.71. The SMILES string of the molecule is O=C(c1ccc(F)cc1F)N1CCc2nc(-c3ccc(Cl)cc3)ncc2C1. The summed E-state index contributed by atoms with van der Waals surface area (Å²) in [4.78, 5) is 23.1. The summed E-state index contributed by atoms with van der Waals surface area (Å²) in [6, 6.07) is 10.2. The van der Waals surface area contributed by atoms with Crippen molar-refractivity contribution in [2.75, 3.05) is 6.54 Å². The van der Waals surface area contributed by atoms with Crippen molar-refractivity contribution in [3.63, 3.8) is 0 Å². The van der Waals surface area contributed by atoms with Crippen LogP contribution in [0.25, 0.3) is 11.4 Å². The van der Waals surface area contributed by atoms with Crippen LogP contribution in [0.4, 0.5) is 8.78 Å². The van der Waals surface area contributed by atoms with Crippen LogP contribution in [0.15, 0.2) is 48.7 Å². The van der Waals surface area contributed by atoms with Gasteiger partial charge in [-0.05, 0) is 36.4 Å². The third-order valence-electron chi connectivity index (χ3n) is 4.49. The normalized spacial score (nSPS) is 13.4. The van der Waals surface area contributed by atoms with Crippen molar-refractivity contribution in [3.8, 4) is 11.4 Å². The van der Waals surface area contributed by atoms with Gasteiger partial charge >= 0.3 is 0 Å². The Hall–Kier alpha value is -2.86. The lowest BCUT2D eigenvalue weighted by molar-refractivity contribution is 0.0728. The molecule has 2 heterocycles. The number of hydrogen-bond acceptors (Lipinski definition) is 3. The zero-order valence-electron chi connectivity index (χ0n) is 14.1. The van der Waals surface area contributed by atoms with Gasteiger partial charge in [-0.25, -0.2) is 18.7 Å². The Morgan fingerprint density at radius 2 is 1.89 bits per heavy atom. The first-order chi connectivity index (χ1) is 13.0. The maximum atomic E-state index is 13.9. The van der Waals surface area contributed by atoms with Crippen molar-refractivity contribution in [2.24, 2.45) is 0 Å². The Morgan fingerprint density at radius 1 is 1.11 bits per heavy atom. The Bertz CT molecular complexity index is 1020. The van der Waals surface area contributed by atoms with Crippen LogP contribution in [0.3, 0.4) is 0 Å². The number of rotatable bonds is 2. The first-order valence-electron chi connectivity index (χ1n) is 8.36. The average molecular weight is 386 g/mol. The molecule has 2 aromatic carbocycles. The molecule has 1 amide bonds. The van der Waals surface area contributed by atoms with E-state index in [1.165, 1.54) is 11.0 Å². The van der Waals surface area contributed by atoms with Gasteiger partial charge in [0.25, 0.3) is 5.91 Å². The predicted molar refractivity (Wildman–Crippen MR) is 97.3 cm³/mol. The van der Waals surface area contributed by atoms with Gasteiger partial charge in [0.15, 0.2) is 5.82 Å². The molecule has 0 unspecified atom stereocenters. The van der Waals surface area contributed by atoms with Crippen LogP contribution in [0, 0.1) is 11.6 Å². The van der Waals surface area contributed by atoms with E-state index in [-0.39, 0.29) is 12.1 Å². The van der Waals surface area contributed by atoms with E-state index in [0.717, 1.165) is 22.9 Å². The second kappa shape index (κ2) is 7.04. The smallest absolute Gasteiger partial charge is 0.257 e. The van der Waals surface area contributed by atoms with E-state index in [1.807, 2.05) is 12.1 Å². The second-order valence-electron chi connectivity index (χ2n) is 6.27. The minimum Gasteiger partial charge on any atom is -0.334 e. The molecule has 0 spiro atoms. The van der Waals surface area contributed by atoms with E-state index in [2.05, 4.69) is 9.97 Å². The zero-order valence-corrected chi connectivity index (χ0v) is 14.9. The van der Waals surface area contributed by atoms with Gasteiger partial charge in [0, 0.05) is 47.9 Å². The maximum Gasteiger partial charge on any atom is 0.257 e. The molecule has 0 aliphatic carbocycles. The van der Waals surface area contributed by atoms with Crippen molar-refractivity contribution in [1.29, 1.82) is 0 Å². The number of carbonyl (C=O) groups excluding carboxylic acids is 1. The van der Waals surface area contributed by atoms with Gasteiger partial charge in [0.1, 0.15) is 11.6 Å². The van der Waals surface area contributed by atoms with E-state index < -0.39 is 17.5 Å². The minimum absolute atomic E-state index is 0.140. The number of fused-ring (bicyclic) bond motifs is 1. The zero-order chi connectivity index (χ0) is 19.0. The van der Waals surface area contributed by atoms with Crippen molar-refractivity contribution in [2.45, 2.75) is 13.0 Å². The summed E-state index contributed by atoms with van der Waals surface area (Å²) in [5.41, 5.74) is 2.39. The van der Waals surface area contributed by atoms with Gasteiger partial charge < -0.3 is 4.90 Å². The van der Waals surface area contributed by atoms with Gasteiger partial charge in [0.05, 0.1) is 11.3 Å². The number of benzene rings is 2. The molecule has 0 fully saturated rings. The fraction of sp³-hybridized carbons (Fsp3) is 0.150. The van der Waals surface area contributed by atoms with Crippen molar-refractivity contribution >= 4 is 17.5 Å². The molecular weight excluding hydrogens is 372 g/mol. The molecular formula is C20H14ClF2N3O. The van der Waals surface area contributed by atoms with E-state index in [4.69, 9.17) is 11.6 Å². The lowest BCUT2D eigenvalue weighted by atomic mass is 10.0. The molecule has 136 valence electrons. The number of nitrogens with zero attached hydrogens (tertiary/aromatic N) is 3. The summed E-state index contributed by atoms with van der Waals surface area (Å²) in [5, 5.41) is 0.638. The van der Waals surface area contributed by atoms with E-state index in [0.29, 0.717) is 29.9 Å². The summed E-state index contributed by atoms with van der Waals surface area (Å²) < 4.78 is 27.0. The van der Waals surface area contributed by atoms with Gasteiger partial charge in [0.2, 0.25) is 0 Å². The van der Waals surface area contributed by atoms with Gasteiger partial charge in [-0.15, -0.1) is 0 Å². The molecule has 4 nitrogen and oxygen atoms in total. The molecule has 0 bridgehead atoms. The number of aromatic nitrogens is 2. The number of hydrogen-bond donors (Lipinski definition) is 0. The summed E-state index contributed by atoms with van der Waals surface area (Å²) >= 11 is 5.90. The lowest BCUT2D eigenvalue weighted by Crippen LogP contribution is -2.37. The van der Waals surface area contributed by atoms with E-state index in [1.54, 1.807) is 18.3 Å². The van der Waals surface area contributed by atoms with Crippen LogP contribution < -0.4 is 0 Å². The highest BCUT2D eigenvalue weighted by Crippen LogP contribution is 2.24. The summed E-state index contributed by atoms with van der Waals surface area (Å²) in [6.45, 7) is 0.686. The molecule has 1 aliphatic rings. The van der Waals surface area contributed by atoms with E-state index >= 15 is 0 Å². The molecule has 1 aromatic heterocycles. The molecule has 0 atom stereocenters. The molecule has 4 rings (SSSR count). The molecule has 27 heavy (non-hydrogen) atoms. The van der Waals surface area contributed by atoms with Crippen LogP contribution in [-0.2, 0) is 13.0 Å². The van der Waals surface area contributed by atoms with Gasteiger partial charge in [-0.3, -0.25) is 4.79 Å². The highest BCUT2D eigenvalue weighted by atomic mass is 35.5. The summed E-state index contributed by atoms with van der Waals surface area (Å²) in [6.07, 6.45) is 2.22. The molecule has 0 N–H and O–H groups in total. The predicted octanol–water partition coefficient (Wildman–Crippen LogP) is 4.27. The van der Waals surface area contributed by atoms with Crippen LogP contribution >= 0.6 is 11.6 Å². The summed E-state index contributed by atoms with van der Waals surface area (Å²) in [7, 11) is 0. The topological polar surface area (TPSA) is 46.1 Å². The fourth-order valence-electron chi connectivity index (χ4n) is 3.06.